The highest BCUT2D eigenvalue weighted by Crippen LogP contribution is 2.32. The zero-order chi connectivity index (χ0) is 28.8. The zero-order valence-electron chi connectivity index (χ0n) is 23.5. The van der Waals surface area contributed by atoms with E-state index >= 15 is 0 Å². The summed E-state index contributed by atoms with van der Waals surface area (Å²) >= 11 is 12.4. The van der Waals surface area contributed by atoms with Gasteiger partial charge < -0.3 is 25.3 Å². The number of amides is 3. The lowest BCUT2D eigenvalue weighted by Gasteiger charge is -2.28. The summed E-state index contributed by atoms with van der Waals surface area (Å²) in [5, 5.41) is 7.39. The molecule has 220 valence electrons. The average molecular weight is 601 g/mol. The van der Waals surface area contributed by atoms with Gasteiger partial charge in [0.2, 0.25) is 5.91 Å². The van der Waals surface area contributed by atoms with Crippen LogP contribution in [0.1, 0.15) is 65.7 Å². The predicted molar refractivity (Wildman–Crippen MR) is 164 cm³/mol. The SMILES string of the molecule is O=C(Nc1cc(C(=O)N2CCCNCC2)ccc1N1CCCN(C(=O)c2ccc(Cl)cc2Cl)CC1)C1CCCCC1. The van der Waals surface area contributed by atoms with Gasteiger partial charge in [-0.25, -0.2) is 0 Å². The number of nitrogens with zero attached hydrogens (tertiary/aromatic N) is 3. The fourth-order valence-corrected chi connectivity index (χ4v) is 6.56. The Balaban J connectivity index is 1.36. The van der Waals surface area contributed by atoms with Gasteiger partial charge in [-0.2, -0.15) is 0 Å². The summed E-state index contributed by atoms with van der Waals surface area (Å²) in [6.45, 7) is 5.48. The molecule has 0 bridgehead atoms. The van der Waals surface area contributed by atoms with Crippen molar-refractivity contribution < 1.29 is 14.4 Å². The molecule has 41 heavy (non-hydrogen) atoms. The van der Waals surface area contributed by atoms with Gasteiger partial charge in [0.05, 0.1) is 22.0 Å². The maximum absolute atomic E-state index is 13.4. The van der Waals surface area contributed by atoms with Crippen molar-refractivity contribution in [2.75, 3.05) is 62.6 Å². The zero-order valence-corrected chi connectivity index (χ0v) is 25.0. The number of hydrogen-bond acceptors (Lipinski definition) is 5. The van der Waals surface area contributed by atoms with Crippen LogP contribution in [0.3, 0.4) is 0 Å². The fraction of sp³-hybridized carbons (Fsp3) is 0.516. The highest BCUT2D eigenvalue weighted by molar-refractivity contribution is 6.36. The maximum atomic E-state index is 13.4. The van der Waals surface area contributed by atoms with Crippen molar-refractivity contribution in [1.29, 1.82) is 0 Å². The van der Waals surface area contributed by atoms with Crippen LogP contribution in [0.25, 0.3) is 0 Å². The lowest BCUT2D eigenvalue weighted by molar-refractivity contribution is -0.120. The first-order valence-corrected chi connectivity index (χ1v) is 15.6. The third-order valence-corrected chi connectivity index (χ3v) is 8.94. The topological polar surface area (TPSA) is 85.0 Å². The molecule has 3 fully saturated rings. The highest BCUT2D eigenvalue weighted by atomic mass is 35.5. The van der Waals surface area contributed by atoms with E-state index in [9.17, 15) is 14.4 Å². The molecule has 0 atom stereocenters. The summed E-state index contributed by atoms with van der Waals surface area (Å²) < 4.78 is 0. The number of carbonyl (C=O) groups is 3. The minimum Gasteiger partial charge on any atom is -0.368 e. The van der Waals surface area contributed by atoms with Crippen molar-refractivity contribution >= 4 is 52.3 Å². The molecule has 2 aromatic carbocycles. The van der Waals surface area contributed by atoms with Gasteiger partial charge in [-0.05, 0) is 68.6 Å². The second kappa shape index (κ2) is 13.9. The molecule has 2 saturated heterocycles. The molecule has 8 nitrogen and oxygen atoms in total. The Bertz CT molecular complexity index is 1260. The van der Waals surface area contributed by atoms with Crippen molar-refractivity contribution in [3.05, 3.63) is 57.6 Å². The summed E-state index contributed by atoms with van der Waals surface area (Å²) in [4.78, 5) is 46.0. The van der Waals surface area contributed by atoms with Crippen molar-refractivity contribution in [1.82, 2.24) is 15.1 Å². The van der Waals surface area contributed by atoms with Gasteiger partial charge in [-0.3, -0.25) is 14.4 Å². The van der Waals surface area contributed by atoms with E-state index in [1.165, 1.54) is 6.42 Å². The monoisotopic (exact) mass is 599 g/mol. The van der Waals surface area contributed by atoms with E-state index in [1.807, 2.05) is 28.0 Å². The van der Waals surface area contributed by atoms with Gasteiger partial charge in [-0.15, -0.1) is 0 Å². The highest BCUT2D eigenvalue weighted by Gasteiger charge is 2.27. The fourth-order valence-electron chi connectivity index (χ4n) is 6.07. The van der Waals surface area contributed by atoms with Gasteiger partial charge in [-0.1, -0.05) is 42.5 Å². The number of halogens is 2. The molecule has 2 heterocycles. The molecular formula is C31H39Cl2N5O3. The van der Waals surface area contributed by atoms with Crippen LogP contribution in [0.5, 0.6) is 0 Å². The first-order valence-electron chi connectivity index (χ1n) is 14.8. The summed E-state index contributed by atoms with van der Waals surface area (Å²) in [6, 6.07) is 10.6. The second-order valence-corrected chi connectivity index (χ2v) is 12.1. The molecule has 2 aromatic rings. The largest absolute Gasteiger partial charge is 0.368 e. The van der Waals surface area contributed by atoms with Crippen molar-refractivity contribution in [2.24, 2.45) is 5.92 Å². The van der Waals surface area contributed by atoms with Crippen LogP contribution in [0.15, 0.2) is 36.4 Å². The van der Waals surface area contributed by atoms with Crippen LogP contribution < -0.4 is 15.5 Å². The number of nitrogens with one attached hydrogen (secondary N) is 2. The van der Waals surface area contributed by atoms with Gasteiger partial charge in [0, 0.05) is 62.3 Å². The molecule has 3 aliphatic rings. The van der Waals surface area contributed by atoms with E-state index in [4.69, 9.17) is 23.2 Å². The Morgan fingerprint density at radius 3 is 2.34 bits per heavy atom. The van der Waals surface area contributed by atoms with E-state index in [1.54, 1.807) is 18.2 Å². The number of hydrogen-bond donors (Lipinski definition) is 2. The summed E-state index contributed by atoms with van der Waals surface area (Å²) in [5.41, 5.74) is 2.57. The second-order valence-electron chi connectivity index (χ2n) is 11.2. The Morgan fingerprint density at radius 1 is 0.756 bits per heavy atom. The third-order valence-electron chi connectivity index (χ3n) is 8.39. The molecule has 5 rings (SSSR count). The predicted octanol–water partition coefficient (Wildman–Crippen LogP) is 5.30. The molecule has 0 aromatic heterocycles. The number of benzene rings is 2. The lowest BCUT2D eigenvalue weighted by Crippen LogP contribution is -2.36. The van der Waals surface area contributed by atoms with Crippen LogP contribution in [-0.2, 0) is 4.79 Å². The van der Waals surface area contributed by atoms with Crippen molar-refractivity contribution in [3.63, 3.8) is 0 Å². The third kappa shape index (κ3) is 7.34. The van der Waals surface area contributed by atoms with E-state index in [-0.39, 0.29) is 23.6 Å². The lowest BCUT2D eigenvalue weighted by atomic mass is 9.88. The quantitative estimate of drug-likeness (QED) is 0.487. The molecule has 0 radical (unpaired) electrons. The number of carbonyl (C=O) groups excluding carboxylic acids is 3. The minimum atomic E-state index is -0.118. The van der Waals surface area contributed by atoms with Gasteiger partial charge in [0.25, 0.3) is 11.8 Å². The Morgan fingerprint density at radius 2 is 1.54 bits per heavy atom. The minimum absolute atomic E-state index is 0.00555. The number of anilines is 2. The van der Waals surface area contributed by atoms with Crippen LogP contribution in [0.4, 0.5) is 11.4 Å². The van der Waals surface area contributed by atoms with E-state index in [0.717, 1.165) is 63.8 Å². The molecule has 10 heteroatoms. The molecule has 0 spiro atoms. The van der Waals surface area contributed by atoms with Gasteiger partial charge in [0.1, 0.15) is 0 Å². The molecule has 3 amide bonds. The molecule has 2 aliphatic heterocycles. The van der Waals surface area contributed by atoms with Gasteiger partial charge in [0.15, 0.2) is 0 Å². The van der Waals surface area contributed by atoms with E-state index in [0.29, 0.717) is 59.6 Å². The average Bonchev–Trinajstić information content (AvgIpc) is 3.41. The van der Waals surface area contributed by atoms with Crippen LogP contribution in [0, 0.1) is 5.92 Å². The summed E-state index contributed by atoms with van der Waals surface area (Å²) in [7, 11) is 0. The van der Waals surface area contributed by atoms with Gasteiger partial charge >= 0.3 is 0 Å². The Labute approximate surface area is 252 Å². The molecule has 0 unspecified atom stereocenters. The van der Waals surface area contributed by atoms with E-state index < -0.39 is 0 Å². The first-order chi connectivity index (χ1) is 19.9. The van der Waals surface area contributed by atoms with Crippen LogP contribution in [-0.4, -0.2) is 79.9 Å². The first kappa shape index (κ1) is 29.7. The van der Waals surface area contributed by atoms with E-state index in [2.05, 4.69) is 15.5 Å². The summed E-state index contributed by atoms with van der Waals surface area (Å²) in [6.07, 6.45) is 6.78. The normalized spacial score (nSPS) is 18.9. The van der Waals surface area contributed by atoms with Crippen LogP contribution in [0.2, 0.25) is 10.0 Å². The molecule has 1 saturated carbocycles. The molecule has 2 N–H and O–H groups in total. The molecule has 1 aliphatic carbocycles. The smallest absolute Gasteiger partial charge is 0.255 e. The maximum Gasteiger partial charge on any atom is 0.255 e. The van der Waals surface area contributed by atoms with Crippen molar-refractivity contribution in [3.8, 4) is 0 Å². The summed E-state index contributed by atoms with van der Waals surface area (Å²) in [5.74, 6) is -0.110. The van der Waals surface area contributed by atoms with Crippen molar-refractivity contribution in [2.45, 2.75) is 44.9 Å². The Kier molecular flexibility index (Phi) is 10.1. The standard InChI is InChI=1S/C31H39Cl2N5O3/c32-24-9-10-25(26(33)21-24)31(41)38-16-5-15-36(18-19-38)28-11-8-23(30(40)37-14-4-12-34-13-17-37)20-27(28)35-29(39)22-6-2-1-3-7-22/h8-11,20-22,34H,1-7,12-19H2,(H,35,39). The number of rotatable bonds is 5. The van der Waals surface area contributed by atoms with Crippen LogP contribution >= 0.6 is 23.2 Å². The molecular weight excluding hydrogens is 561 g/mol. The Hall–Kier alpha value is -2.81.